The number of nitrogens with one attached hydrogen (secondary N) is 1. The van der Waals surface area contributed by atoms with Gasteiger partial charge < -0.3 is 5.32 Å². The van der Waals surface area contributed by atoms with Gasteiger partial charge in [-0.3, -0.25) is 14.5 Å². The number of hydrogen-bond donors (Lipinski definition) is 1. The van der Waals surface area contributed by atoms with Crippen molar-refractivity contribution in [3.05, 3.63) is 95.3 Å². The fourth-order valence-corrected chi connectivity index (χ4v) is 4.72. The summed E-state index contributed by atoms with van der Waals surface area (Å²) in [6.45, 7) is 2.08. The highest BCUT2D eigenvalue weighted by atomic mass is 32.2. The largest absolute Gasteiger partial charge is 0.322 e. The molecule has 1 unspecified atom stereocenters. The molecule has 1 aliphatic heterocycles. The molecule has 3 aromatic carbocycles. The second kappa shape index (κ2) is 8.71. The zero-order chi connectivity index (χ0) is 21.1. The highest BCUT2D eigenvalue weighted by Gasteiger charge is 2.34. The number of nitrogens with zero attached hydrogens (tertiary/aromatic N) is 1. The molecule has 0 aromatic heterocycles. The van der Waals surface area contributed by atoms with Crippen LogP contribution in [0.2, 0.25) is 0 Å². The molecule has 4 rings (SSSR count). The summed E-state index contributed by atoms with van der Waals surface area (Å²) in [6.07, 6.45) is 0.846. The molecule has 152 valence electrons. The summed E-state index contributed by atoms with van der Waals surface area (Å²) in [5.74, 6) is -0.542. The minimum atomic E-state index is -0.558. The highest BCUT2D eigenvalue weighted by Crippen LogP contribution is 2.43. The van der Waals surface area contributed by atoms with Crippen molar-refractivity contribution in [1.82, 2.24) is 0 Å². The number of aryl methyl sites for hydroxylation is 1. The number of thioether (sulfide) groups is 1. The predicted octanol–water partition coefficient (Wildman–Crippen LogP) is 5.42. The molecule has 3 aromatic rings. The number of amides is 2. The molecule has 0 spiro atoms. The Bertz CT molecular complexity index is 1080. The van der Waals surface area contributed by atoms with Crippen LogP contribution in [-0.4, -0.2) is 17.6 Å². The van der Waals surface area contributed by atoms with E-state index in [2.05, 4.69) is 12.2 Å². The minimum Gasteiger partial charge on any atom is -0.322 e. The van der Waals surface area contributed by atoms with Gasteiger partial charge in [0.05, 0.1) is 11.3 Å². The van der Waals surface area contributed by atoms with Gasteiger partial charge >= 0.3 is 0 Å². The van der Waals surface area contributed by atoms with E-state index in [0.717, 1.165) is 23.2 Å². The highest BCUT2D eigenvalue weighted by molar-refractivity contribution is 8.00. The van der Waals surface area contributed by atoms with Crippen LogP contribution in [0.4, 0.5) is 15.8 Å². The quantitative estimate of drug-likeness (QED) is 0.600. The van der Waals surface area contributed by atoms with Gasteiger partial charge in [0.1, 0.15) is 11.2 Å². The summed E-state index contributed by atoms with van der Waals surface area (Å²) < 4.78 is 13.8. The first-order chi connectivity index (χ1) is 14.6. The van der Waals surface area contributed by atoms with Crippen molar-refractivity contribution in [1.29, 1.82) is 0 Å². The number of benzene rings is 3. The van der Waals surface area contributed by atoms with E-state index in [1.54, 1.807) is 36.0 Å². The lowest BCUT2D eigenvalue weighted by Crippen LogP contribution is -2.28. The maximum Gasteiger partial charge on any atom is 0.258 e. The van der Waals surface area contributed by atoms with E-state index < -0.39 is 11.7 Å². The van der Waals surface area contributed by atoms with E-state index in [1.807, 2.05) is 41.3 Å². The summed E-state index contributed by atoms with van der Waals surface area (Å²) in [5, 5.41) is 2.60. The molecular formula is C24H21FN2O2S. The zero-order valence-electron chi connectivity index (χ0n) is 16.5. The van der Waals surface area contributed by atoms with Crippen molar-refractivity contribution < 1.29 is 14.0 Å². The predicted molar refractivity (Wildman–Crippen MR) is 119 cm³/mol. The first-order valence-electron chi connectivity index (χ1n) is 9.76. The standard InChI is InChI=1S/C24H21FN2O2S/c1-2-16-7-3-6-10-21(16)27-22(28)15-30-24(27)17-11-13-18(14-12-17)26-23(29)19-8-4-5-9-20(19)25/h3-14,24H,2,15H2,1H3,(H,26,29). The van der Waals surface area contributed by atoms with Crippen LogP contribution in [-0.2, 0) is 11.2 Å². The van der Waals surface area contributed by atoms with Crippen molar-refractivity contribution in [2.24, 2.45) is 0 Å². The van der Waals surface area contributed by atoms with Crippen LogP contribution in [0, 0.1) is 5.82 Å². The van der Waals surface area contributed by atoms with E-state index >= 15 is 0 Å². The summed E-state index contributed by atoms with van der Waals surface area (Å²) in [4.78, 5) is 26.8. The number of halogens is 1. The van der Waals surface area contributed by atoms with E-state index in [9.17, 15) is 14.0 Å². The monoisotopic (exact) mass is 420 g/mol. The molecule has 1 heterocycles. The molecule has 1 saturated heterocycles. The van der Waals surface area contributed by atoms with Crippen molar-refractivity contribution in [2.45, 2.75) is 18.7 Å². The second-order valence-electron chi connectivity index (χ2n) is 6.97. The van der Waals surface area contributed by atoms with Gasteiger partial charge in [0.2, 0.25) is 5.91 Å². The molecule has 1 aliphatic rings. The van der Waals surface area contributed by atoms with Crippen molar-refractivity contribution in [3.63, 3.8) is 0 Å². The molecule has 6 heteroatoms. The SMILES string of the molecule is CCc1ccccc1N1C(=O)CSC1c1ccc(NC(=O)c2ccccc2F)cc1. The van der Waals surface area contributed by atoms with E-state index in [4.69, 9.17) is 0 Å². The Labute approximate surface area is 179 Å². The fraction of sp³-hybridized carbons (Fsp3) is 0.167. The molecule has 0 bridgehead atoms. The summed E-state index contributed by atoms with van der Waals surface area (Å²) >= 11 is 1.58. The molecule has 0 aliphatic carbocycles. The molecule has 30 heavy (non-hydrogen) atoms. The molecule has 1 N–H and O–H groups in total. The molecule has 1 fully saturated rings. The van der Waals surface area contributed by atoms with Crippen LogP contribution >= 0.6 is 11.8 Å². The van der Waals surface area contributed by atoms with Crippen molar-refractivity contribution in [3.8, 4) is 0 Å². The van der Waals surface area contributed by atoms with Crippen LogP contribution in [0.3, 0.4) is 0 Å². The number of para-hydroxylation sites is 1. The van der Waals surface area contributed by atoms with Gasteiger partial charge in [0.25, 0.3) is 5.91 Å². The van der Waals surface area contributed by atoms with Gasteiger partial charge in [-0.25, -0.2) is 4.39 Å². The smallest absolute Gasteiger partial charge is 0.258 e. The van der Waals surface area contributed by atoms with Gasteiger partial charge in [-0.05, 0) is 47.9 Å². The lowest BCUT2D eigenvalue weighted by molar-refractivity contribution is -0.115. The molecule has 4 nitrogen and oxygen atoms in total. The molecule has 0 radical (unpaired) electrons. The van der Waals surface area contributed by atoms with Gasteiger partial charge in [-0.2, -0.15) is 0 Å². The van der Waals surface area contributed by atoms with Gasteiger partial charge in [-0.1, -0.05) is 49.4 Å². The molecule has 1 atom stereocenters. The first kappa shape index (κ1) is 20.2. The lowest BCUT2D eigenvalue weighted by Gasteiger charge is -2.26. The fourth-order valence-electron chi connectivity index (χ4n) is 3.55. The van der Waals surface area contributed by atoms with Gasteiger partial charge in [-0.15, -0.1) is 11.8 Å². The Balaban J connectivity index is 1.55. The minimum absolute atomic E-state index is 0.000805. The number of carbonyl (C=O) groups is 2. The third kappa shape index (κ3) is 3.96. The number of rotatable bonds is 5. The van der Waals surface area contributed by atoms with Crippen molar-refractivity contribution in [2.75, 3.05) is 16.0 Å². The Hall–Kier alpha value is -3.12. The average molecular weight is 421 g/mol. The van der Waals surface area contributed by atoms with Gasteiger partial charge in [0, 0.05) is 11.4 Å². The topological polar surface area (TPSA) is 49.4 Å². The molecule has 2 amide bonds. The Kier molecular flexibility index (Phi) is 5.86. The average Bonchev–Trinajstić information content (AvgIpc) is 3.15. The van der Waals surface area contributed by atoms with Crippen LogP contribution in [0.5, 0.6) is 0 Å². The lowest BCUT2D eigenvalue weighted by atomic mass is 10.1. The molecule has 0 saturated carbocycles. The van der Waals surface area contributed by atoms with Crippen LogP contribution in [0.15, 0.2) is 72.8 Å². The summed E-state index contributed by atoms with van der Waals surface area (Å²) in [7, 11) is 0. The Morgan fingerprint density at radius 2 is 1.77 bits per heavy atom. The van der Waals surface area contributed by atoms with Gasteiger partial charge in [0.15, 0.2) is 0 Å². The van der Waals surface area contributed by atoms with E-state index in [-0.39, 0.29) is 16.8 Å². The first-order valence-corrected chi connectivity index (χ1v) is 10.8. The Morgan fingerprint density at radius 3 is 2.50 bits per heavy atom. The third-order valence-electron chi connectivity index (χ3n) is 5.07. The maximum absolute atomic E-state index is 13.8. The van der Waals surface area contributed by atoms with Crippen LogP contribution in [0.1, 0.15) is 33.8 Å². The molecular weight excluding hydrogens is 399 g/mol. The summed E-state index contributed by atoms with van der Waals surface area (Å²) in [6, 6.07) is 21.2. The van der Waals surface area contributed by atoms with E-state index in [1.165, 1.54) is 12.1 Å². The van der Waals surface area contributed by atoms with Crippen LogP contribution in [0.25, 0.3) is 0 Å². The van der Waals surface area contributed by atoms with E-state index in [0.29, 0.717) is 11.4 Å². The zero-order valence-corrected chi connectivity index (χ0v) is 17.3. The number of carbonyl (C=O) groups excluding carboxylic acids is 2. The van der Waals surface area contributed by atoms with Crippen molar-refractivity contribution >= 4 is 35.0 Å². The summed E-state index contributed by atoms with van der Waals surface area (Å²) in [5.41, 5.74) is 3.62. The number of hydrogen-bond acceptors (Lipinski definition) is 3. The Morgan fingerprint density at radius 1 is 1.07 bits per heavy atom. The second-order valence-corrected chi connectivity index (χ2v) is 8.03. The normalized spacial score (nSPS) is 16.0. The third-order valence-corrected chi connectivity index (χ3v) is 6.28. The number of anilines is 2. The maximum atomic E-state index is 13.8. The van der Waals surface area contributed by atoms with Crippen LogP contribution < -0.4 is 10.2 Å².